The van der Waals surface area contributed by atoms with Crippen molar-refractivity contribution in [2.75, 3.05) is 39.8 Å². The molecular formula is C13H22ClN5O. The summed E-state index contributed by atoms with van der Waals surface area (Å²) in [5, 5.41) is 8.17. The number of nitrogens with one attached hydrogen (secondary N) is 1. The molecule has 2 heterocycles. The molecule has 0 unspecified atom stereocenters. The molecule has 0 saturated carbocycles. The minimum atomic E-state index is 0.173. The highest BCUT2D eigenvalue weighted by Crippen LogP contribution is 2.19. The summed E-state index contributed by atoms with van der Waals surface area (Å²) in [6.45, 7) is 6.32. The summed E-state index contributed by atoms with van der Waals surface area (Å²) in [7, 11) is 3.76. The number of hydrogen-bond donors (Lipinski definition) is 1. The average molecular weight is 300 g/mol. The highest BCUT2D eigenvalue weighted by atomic mass is 35.5. The largest absolute Gasteiger partial charge is 0.339 e. The second-order valence-corrected chi connectivity index (χ2v) is 5.64. The second kappa shape index (κ2) is 6.56. The Hall–Kier alpha value is -1.11. The molecule has 0 atom stereocenters. The maximum atomic E-state index is 12.2. The molecule has 1 fully saturated rings. The van der Waals surface area contributed by atoms with E-state index < -0.39 is 0 Å². The molecule has 7 heteroatoms. The molecule has 1 amide bonds. The van der Waals surface area contributed by atoms with Crippen LogP contribution >= 0.6 is 11.6 Å². The van der Waals surface area contributed by atoms with Crippen LogP contribution in [0.25, 0.3) is 0 Å². The number of aromatic nitrogens is 2. The zero-order valence-electron chi connectivity index (χ0n) is 12.3. The highest BCUT2D eigenvalue weighted by molar-refractivity contribution is 6.30. The topological polar surface area (TPSA) is 53.4 Å². The fourth-order valence-electron chi connectivity index (χ4n) is 2.42. The Kier molecular flexibility index (Phi) is 5.01. The third-order valence-electron chi connectivity index (χ3n) is 3.57. The molecule has 2 rings (SSSR count). The fraction of sp³-hybridized carbons (Fsp3) is 0.692. The monoisotopic (exact) mass is 299 g/mol. The molecule has 1 aromatic rings. The van der Waals surface area contributed by atoms with Crippen molar-refractivity contribution in [1.29, 1.82) is 0 Å². The zero-order chi connectivity index (χ0) is 14.7. The first-order valence-electron chi connectivity index (χ1n) is 6.84. The van der Waals surface area contributed by atoms with Crippen LogP contribution in [0.5, 0.6) is 0 Å². The number of nitrogens with zero attached hydrogens (tertiary/aromatic N) is 4. The molecule has 112 valence electrons. The van der Waals surface area contributed by atoms with Crippen molar-refractivity contribution in [3.05, 3.63) is 16.4 Å². The van der Waals surface area contributed by atoms with Crippen molar-refractivity contribution in [2.45, 2.75) is 13.5 Å². The normalized spacial score (nSPS) is 15.9. The number of carbonyl (C=O) groups is 1. The molecule has 20 heavy (non-hydrogen) atoms. The zero-order valence-corrected chi connectivity index (χ0v) is 13.1. The third kappa shape index (κ3) is 3.50. The van der Waals surface area contributed by atoms with E-state index in [0.29, 0.717) is 18.2 Å². The molecule has 1 aliphatic heterocycles. The van der Waals surface area contributed by atoms with Gasteiger partial charge in [0.15, 0.2) is 0 Å². The molecule has 1 aromatic heterocycles. The number of likely N-dealkylation sites (N-methyl/N-ethyl adjacent to an activating group) is 1. The number of hydrogen-bond acceptors (Lipinski definition) is 4. The van der Waals surface area contributed by atoms with Crippen LogP contribution in [0.1, 0.15) is 11.3 Å². The van der Waals surface area contributed by atoms with E-state index in [0.717, 1.165) is 37.4 Å². The highest BCUT2D eigenvalue weighted by Gasteiger charge is 2.19. The lowest BCUT2D eigenvalue weighted by molar-refractivity contribution is -0.132. The second-order valence-electron chi connectivity index (χ2n) is 5.28. The van der Waals surface area contributed by atoms with E-state index in [1.807, 2.05) is 30.8 Å². The number of carbonyl (C=O) groups excluding carboxylic acids is 1. The summed E-state index contributed by atoms with van der Waals surface area (Å²) in [5.74, 6) is 0.173. The number of halogens is 1. The SMILES string of the molecule is Cc1nn(C)c(Cl)c1CN(C)CC(=O)N1CCNCC1. The van der Waals surface area contributed by atoms with Crippen LogP contribution in [0.15, 0.2) is 0 Å². The lowest BCUT2D eigenvalue weighted by Gasteiger charge is -2.29. The molecule has 0 spiro atoms. The summed E-state index contributed by atoms with van der Waals surface area (Å²) < 4.78 is 1.66. The number of aryl methyl sites for hydroxylation is 2. The van der Waals surface area contributed by atoms with E-state index in [4.69, 9.17) is 11.6 Å². The van der Waals surface area contributed by atoms with Crippen LogP contribution in [0, 0.1) is 6.92 Å². The summed E-state index contributed by atoms with van der Waals surface area (Å²) in [6.07, 6.45) is 0. The van der Waals surface area contributed by atoms with Crippen molar-refractivity contribution in [2.24, 2.45) is 7.05 Å². The van der Waals surface area contributed by atoms with Gasteiger partial charge in [0.1, 0.15) is 5.15 Å². The first kappa shape index (κ1) is 15.3. The van der Waals surface area contributed by atoms with E-state index in [1.54, 1.807) is 4.68 Å². The maximum Gasteiger partial charge on any atom is 0.236 e. The van der Waals surface area contributed by atoms with Crippen molar-refractivity contribution >= 4 is 17.5 Å². The van der Waals surface area contributed by atoms with Gasteiger partial charge in [-0.1, -0.05) is 11.6 Å². The fourth-order valence-corrected chi connectivity index (χ4v) is 2.66. The minimum Gasteiger partial charge on any atom is -0.339 e. The molecule has 6 nitrogen and oxygen atoms in total. The maximum absolute atomic E-state index is 12.2. The Bertz CT molecular complexity index is 481. The van der Waals surface area contributed by atoms with Crippen LogP contribution in [-0.2, 0) is 18.4 Å². The van der Waals surface area contributed by atoms with Gasteiger partial charge in [-0.15, -0.1) is 0 Å². The van der Waals surface area contributed by atoms with Gasteiger partial charge in [0.05, 0.1) is 12.2 Å². The predicted molar refractivity (Wildman–Crippen MR) is 78.7 cm³/mol. The van der Waals surface area contributed by atoms with E-state index in [1.165, 1.54) is 0 Å². The predicted octanol–water partition coefficient (Wildman–Crippen LogP) is 0.246. The third-order valence-corrected chi connectivity index (χ3v) is 4.05. The van der Waals surface area contributed by atoms with Crippen molar-refractivity contribution < 1.29 is 4.79 Å². The summed E-state index contributed by atoms with van der Waals surface area (Å²) in [6, 6.07) is 0. The molecule has 0 aromatic carbocycles. The number of amides is 1. The van der Waals surface area contributed by atoms with Crippen molar-refractivity contribution in [3.63, 3.8) is 0 Å². The van der Waals surface area contributed by atoms with E-state index in [2.05, 4.69) is 10.4 Å². The van der Waals surface area contributed by atoms with Crippen LogP contribution < -0.4 is 5.32 Å². The Labute approximate surface area is 124 Å². The van der Waals surface area contributed by atoms with Gasteiger partial charge in [-0.2, -0.15) is 5.10 Å². The van der Waals surface area contributed by atoms with Crippen LogP contribution in [0.4, 0.5) is 0 Å². The van der Waals surface area contributed by atoms with Gasteiger partial charge in [-0.3, -0.25) is 14.4 Å². The molecule has 0 aliphatic carbocycles. The molecule has 0 bridgehead atoms. The van der Waals surface area contributed by atoms with Gasteiger partial charge in [0.2, 0.25) is 5.91 Å². The Morgan fingerprint density at radius 2 is 2.10 bits per heavy atom. The molecule has 1 aliphatic rings. The number of piperazine rings is 1. The average Bonchev–Trinajstić information content (AvgIpc) is 2.66. The van der Waals surface area contributed by atoms with Crippen LogP contribution in [0.3, 0.4) is 0 Å². The summed E-state index contributed by atoms with van der Waals surface area (Å²) in [5.41, 5.74) is 1.91. The number of rotatable bonds is 4. The molecule has 1 saturated heterocycles. The summed E-state index contributed by atoms with van der Waals surface area (Å²) in [4.78, 5) is 16.1. The van der Waals surface area contributed by atoms with E-state index in [9.17, 15) is 4.79 Å². The van der Waals surface area contributed by atoms with Gasteiger partial charge in [0.25, 0.3) is 0 Å². The minimum absolute atomic E-state index is 0.173. The molecule has 1 N–H and O–H groups in total. The first-order chi connectivity index (χ1) is 9.49. The quantitative estimate of drug-likeness (QED) is 0.866. The standard InChI is InChI=1S/C13H22ClN5O/c1-10-11(13(14)18(3)16-10)8-17(2)9-12(20)19-6-4-15-5-7-19/h15H,4-9H2,1-3H3. The Morgan fingerprint density at radius 1 is 1.45 bits per heavy atom. The lowest BCUT2D eigenvalue weighted by atomic mass is 10.2. The molecule has 0 radical (unpaired) electrons. The lowest BCUT2D eigenvalue weighted by Crippen LogP contribution is -2.49. The first-order valence-corrected chi connectivity index (χ1v) is 7.22. The van der Waals surface area contributed by atoms with Gasteiger partial charge >= 0.3 is 0 Å². The van der Waals surface area contributed by atoms with Gasteiger partial charge in [-0.25, -0.2) is 0 Å². The van der Waals surface area contributed by atoms with Crippen molar-refractivity contribution in [1.82, 2.24) is 24.9 Å². The van der Waals surface area contributed by atoms with Gasteiger partial charge in [0, 0.05) is 45.3 Å². The van der Waals surface area contributed by atoms with Gasteiger partial charge in [-0.05, 0) is 14.0 Å². The summed E-state index contributed by atoms with van der Waals surface area (Å²) >= 11 is 6.21. The molecular weight excluding hydrogens is 278 g/mol. The van der Waals surface area contributed by atoms with Crippen molar-refractivity contribution in [3.8, 4) is 0 Å². The Balaban J connectivity index is 1.91. The van der Waals surface area contributed by atoms with E-state index in [-0.39, 0.29) is 5.91 Å². The smallest absolute Gasteiger partial charge is 0.236 e. The van der Waals surface area contributed by atoms with Gasteiger partial charge < -0.3 is 10.2 Å². The Morgan fingerprint density at radius 3 is 2.65 bits per heavy atom. The van der Waals surface area contributed by atoms with Crippen LogP contribution in [0.2, 0.25) is 5.15 Å². The van der Waals surface area contributed by atoms with Crippen LogP contribution in [-0.4, -0.2) is 65.3 Å². The van der Waals surface area contributed by atoms with E-state index >= 15 is 0 Å².